The highest BCUT2D eigenvalue weighted by Crippen LogP contribution is 2.35. The van der Waals surface area contributed by atoms with E-state index in [-0.39, 0.29) is 0 Å². The molecule has 0 amide bonds. The van der Waals surface area contributed by atoms with Crippen LogP contribution < -0.4 is 5.32 Å². The number of aryl methyl sites for hydroxylation is 3. The van der Waals surface area contributed by atoms with Crippen LogP contribution in [-0.4, -0.2) is 0 Å². The molecule has 1 heterocycles. The SMILES string of the molecule is Cc1cc(C)c(C2Cc3ccccc3N2)cc1C. The number of hydrogen-bond acceptors (Lipinski definition) is 1. The van der Waals surface area contributed by atoms with Crippen LogP contribution in [0, 0.1) is 20.8 Å². The van der Waals surface area contributed by atoms with Gasteiger partial charge in [0, 0.05) is 5.69 Å². The lowest BCUT2D eigenvalue weighted by Crippen LogP contribution is -2.08. The second kappa shape index (κ2) is 4.16. The zero-order chi connectivity index (χ0) is 12.7. The van der Waals surface area contributed by atoms with Crippen LogP contribution in [0.5, 0.6) is 0 Å². The maximum absolute atomic E-state index is 3.64. The van der Waals surface area contributed by atoms with Crippen molar-refractivity contribution in [1.29, 1.82) is 0 Å². The van der Waals surface area contributed by atoms with Gasteiger partial charge in [-0.1, -0.05) is 30.3 Å². The fourth-order valence-corrected chi connectivity index (χ4v) is 2.84. The summed E-state index contributed by atoms with van der Waals surface area (Å²) < 4.78 is 0. The summed E-state index contributed by atoms with van der Waals surface area (Å²) in [6.07, 6.45) is 1.10. The lowest BCUT2D eigenvalue weighted by atomic mass is 9.94. The highest BCUT2D eigenvalue weighted by atomic mass is 14.9. The van der Waals surface area contributed by atoms with Crippen LogP contribution in [0.3, 0.4) is 0 Å². The van der Waals surface area contributed by atoms with Gasteiger partial charge in [0.15, 0.2) is 0 Å². The average Bonchev–Trinajstić information content (AvgIpc) is 2.77. The summed E-state index contributed by atoms with van der Waals surface area (Å²) in [5.74, 6) is 0. The lowest BCUT2D eigenvalue weighted by molar-refractivity contribution is 0.814. The van der Waals surface area contributed by atoms with E-state index in [1.165, 1.54) is 33.5 Å². The molecule has 0 bridgehead atoms. The van der Waals surface area contributed by atoms with Gasteiger partial charge in [-0.15, -0.1) is 0 Å². The molecule has 0 aromatic heterocycles. The number of fused-ring (bicyclic) bond motifs is 1. The van der Waals surface area contributed by atoms with Crippen LogP contribution in [0.15, 0.2) is 36.4 Å². The first-order valence-electron chi connectivity index (χ1n) is 6.57. The third-order valence-corrected chi connectivity index (χ3v) is 4.03. The number of hydrogen-bond donors (Lipinski definition) is 1. The van der Waals surface area contributed by atoms with Gasteiger partial charge in [0.25, 0.3) is 0 Å². The molecule has 1 aliphatic rings. The molecular formula is C17H19N. The van der Waals surface area contributed by atoms with E-state index >= 15 is 0 Å². The van der Waals surface area contributed by atoms with Crippen molar-refractivity contribution in [2.75, 3.05) is 5.32 Å². The van der Waals surface area contributed by atoms with Gasteiger partial charge in [0.05, 0.1) is 6.04 Å². The average molecular weight is 237 g/mol. The molecule has 0 saturated heterocycles. The fourth-order valence-electron chi connectivity index (χ4n) is 2.84. The van der Waals surface area contributed by atoms with Gasteiger partial charge in [0.1, 0.15) is 0 Å². The first-order chi connectivity index (χ1) is 8.65. The third kappa shape index (κ3) is 1.80. The van der Waals surface area contributed by atoms with Crippen molar-refractivity contribution in [2.24, 2.45) is 0 Å². The molecule has 92 valence electrons. The highest BCUT2D eigenvalue weighted by molar-refractivity contribution is 5.59. The zero-order valence-electron chi connectivity index (χ0n) is 11.2. The Morgan fingerprint density at radius 3 is 2.44 bits per heavy atom. The van der Waals surface area contributed by atoms with E-state index in [1.807, 2.05) is 0 Å². The molecule has 1 N–H and O–H groups in total. The number of para-hydroxylation sites is 1. The molecule has 0 aliphatic carbocycles. The monoisotopic (exact) mass is 237 g/mol. The largest absolute Gasteiger partial charge is 0.378 e. The molecule has 1 unspecified atom stereocenters. The molecule has 0 radical (unpaired) electrons. The topological polar surface area (TPSA) is 12.0 Å². The lowest BCUT2D eigenvalue weighted by Gasteiger charge is -2.17. The molecule has 3 rings (SSSR count). The van der Waals surface area contributed by atoms with Crippen molar-refractivity contribution in [1.82, 2.24) is 0 Å². The summed E-state index contributed by atoms with van der Waals surface area (Å²) in [5, 5.41) is 3.64. The first kappa shape index (κ1) is 11.3. The molecule has 1 nitrogen and oxygen atoms in total. The summed E-state index contributed by atoms with van der Waals surface area (Å²) in [4.78, 5) is 0. The summed E-state index contributed by atoms with van der Waals surface area (Å²) in [6, 6.07) is 13.7. The van der Waals surface area contributed by atoms with E-state index in [9.17, 15) is 0 Å². The van der Waals surface area contributed by atoms with Crippen molar-refractivity contribution in [3.8, 4) is 0 Å². The van der Waals surface area contributed by atoms with Crippen molar-refractivity contribution >= 4 is 5.69 Å². The van der Waals surface area contributed by atoms with E-state index in [1.54, 1.807) is 0 Å². The molecular weight excluding hydrogens is 218 g/mol. The van der Waals surface area contributed by atoms with Gasteiger partial charge < -0.3 is 5.32 Å². The molecule has 18 heavy (non-hydrogen) atoms. The van der Waals surface area contributed by atoms with E-state index in [2.05, 4.69) is 62.5 Å². The fraction of sp³-hybridized carbons (Fsp3) is 0.294. The molecule has 0 spiro atoms. The Kier molecular flexibility index (Phi) is 2.62. The predicted octanol–water partition coefficient (Wildman–Crippen LogP) is 4.32. The highest BCUT2D eigenvalue weighted by Gasteiger charge is 2.22. The number of rotatable bonds is 1. The van der Waals surface area contributed by atoms with Gasteiger partial charge in [-0.2, -0.15) is 0 Å². The van der Waals surface area contributed by atoms with Crippen molar-refractivity contribution in [3.63, 3.8) is 0 Å². The van der Waals surface area contributed by atoms with Crippen LogP contribution in [0.4, 0.5) is 5.69 Å². The van der Waals surface area contributed by atoms with Crippen LogP contribution in [0.1, 0.15) is 33.9 Å². The minimum Gasteiger partial charge on any atom is -0.378 e. The Morgan fingerprint density at radius 1 is 0.944 bits per heavy atom. The van der Waals surface area contributed by atoms with Gasteiger partial charge in [-0.05, 0) is 61.1 Å². The van der Waals surface area contributed by atoms with E-state index in [0.29, 0.717) is 6.04 Å². The summed E-state index contributed by atoms with van der Waals surface area (Å²) in [5.41, 5.74) is 8.32. The maximum atomic E-state index is 3.64. The Labute approximate surface area is 109 Å². The van der Waals surface area contributed by atoms with E-state index < -0.39 is 0 Å². The van der Waals surface area contributed by atoms with Gasteiger partial charge in [0.2, 0.25) is 0 Å². The van der Waals surface area contributed by atoms with E-state index in [4.69, 9.17) is 0 Å². The minimum atomic E-state index is 0.432. The smallest absolute Gasteiger partial charge is 0.0557 e. The standard InChI is InChI=1S/C17H19N/c1-11-8-13(3)15(9-12(11)2)17-10-14-6-4-5-7-16(14)18-17/h4-9,17-18H,10H2,1-3H3. The quantitative estimate of drug-likeness (QED) is 0.778. The van der Waals surface area contributed by atoms with Crippen molar-refractivity contribution < 1.29 is 0 Å². The van der Waals surface area contributed by atoms with E-state index in [0.717, 1.165) is 6.42 Å². The predicted molar refractivity (Wildman–Crippen MR) is 77.2 cm³/mol. The number of nitrogens with one attached hydrogen (secondary N) is 1. The van der Waals surface area contributed by atoms with Crippen molar-refractivity contribution in [3.05, 3.63) is 64.2 Å². The van der Waals surface area contributed by atoms with Crippen LogP contribution in [-0.2, 0) is 6.42 Å². The normalized spacial score (nSPS) is 17.4. The molecule has 1 heteroatoms. The maximum Gasteiger partial charge on any atom is 0.0557 e. The van der Waals surface area contributed by atoms with Gasteiger partial charge >= 0.3 is 0 Å². The molecule has 0 fully saturated rings. The minimum absolute atomic E-state index is 0.432. The second-order valence-corrected chi connectivity index (χ2v) is 5.35. The second-order valence-electron chi connectivity index (χ2n) is 5.35. The summed E-state index contributed by atoms with van der Waals surface area (Å²) in [6.45, 7) is 6.59. The number of anilines is 1. The zero-order valence-corrected chi connectivity index (χ0v) is 11.2. The molecule has 1 aliphatic heterocycles. The van der Waals surface area contributed by atoms with Gasteiger partial charge in [-0.3, -0.25) is 0 Å². The molecule has 2 aromatic carbocycles. The Hall–Kier alpha value is -1.76. The Balaban J connectivity index is 1.97. The Bertz CT molecular complexity index is 574. The van der Waals surface area contributed by atoms with Crippen molar-refractivity contribution in [2.45, 2.75) is 33.2 Å². The summed E-state index contributed by atoms with van der Waals surface area (Å²) >= 11 is 0. The van der Waals surface area contributed by atoms with Crippen LogP contribution in [0.25, 0.3) is 0 Å². The number of benzene rings is 2. The van der Waals surface area contributed by atoms with Crippen LogP contribution >= 0.6 is 0 Å². The first-order valence-corrected chi connectivity index (χ1v) is 6.57. The molecule has 2 aromatic rings. The Morgan fingerprint density at radius 2 is 1.67 bits per heavy atom. The molecule has 0 saturated carbocycles. The third-order valence-electron chi connectivity index (χ3n) is 4.03. The van der Waals surface area contributed by atoms with Crippen LogP contribution in [0.2, 0.25) is 0 Å². The molecule has 1 atom stereocenters. The van der Waals surface area contributed by atoms with Gasteiger partial charge in [-0.25, -0.2) is 0 Å². The summed E-state index contributed by atoms with van der Waals surface area (Å²) in [7, 11) is 0.